The average Bonchev–Trinajstić information content (AvgIpc) is 3.28. The minimum absolute atomic E-state index is 0.564. The molecule has 0 radical (unpaired) electrons. The molecule has 0 atom stereocenters. The molecule has 0 fully saturated rings. The Morgan fingerprint density at radius 1 is 0.828 bits per heavy atom. The third kappa shape index (κ3) is 3.34. The number of hydrogen-bond donors (Lipinski definition) is 2. The van der Waals surface area contributed by atoms with Gasteiger partial charge < -0.3 is 5.32 Å². The van der Waals surface area contributed by atoms with Crippen molar-refractivity contribution in [1.82, 2.24) is 20.2 Å². The molecule has 0 spiro atoms. The Morgan fingerprint density at radius 3 is 2.48 bits per heavy atom. The van der Waals surface area contributed by atoms with E-state index in [1.54, 1.807) is 6.20 Å². The molecule has 0 aliphatic carbocycles. The summed E-state index contributed by atoms with van der Waals surface area (Å²) in [5.74, 6) is 0.564. The van der Waals surface area contributed by atoms with Crippen LogP contribution >= 0.6 is 0 Å². The molecule has 0 saturated heterocycles. The van der Waals surface area contributed by atoms with E-state index in [1.807, 2.05) is 42.5 Å². The highest BCUT2D eigenvalue weighted by Crippen LogP contribution is 2.32. The van der Waals surface area contributed by atoms with E-state index < -0.39 is 0 Å². The van der Waals surface area contributed by atoms with Crippen molar-refractivity contribution >= 4 is 22.5 Å². The second kappa shape index (κ2) is 7.20. The zero-order chi connectivity index (χ0) is 19.6. The third-order valence-electron chi connectivity index (χ3n) is 4.86. The SMILES string of the molecule is Cc1ccc(-c2ccn[nH]2)c(Nc2nc(-c3ccccc3)c3ccccc3n2)c1. The summed E-state index contributed by atoms with van der Waals surface area (Å²) in [6.45, 7) is 2.07. The number of anilines is 2. The number of hydrogen-bond acceptors (Lipinski definition) is 4. The van der Waals surface area contributed by atoms with Gasteiger partial charge in [-0.1, -0.05) is 60.7 Å². The van der Waals surface area contributed by atoms with E-state index in [4.69, 9.17) is 9.97 Å². The molecule has 2 heterocycles. The van der Waals surface area contributed by atoms with Gasteiger partial charge in [0.2, 0.25) is 5.95 Å². The number of aryl methyl sites for hydroxylation is 1. The second-order valence-corrected chi connectivity index (χ2v) is 6.92. The van der Waals surface area contributed by atoms with Gasteiger partial charge in [-0.2, -0.15) is 5.10 Å². The molecule has 0 aliphatic heterocycles. The number of H-pyrrole nitrogens is 1. The minimum Gasteiger partial charge on any atom is -0.323 e. The van der Waals surface area contributed by atoms with Crippen LogP contribution < -0.4 is 5.32 Å². The van der Waals surface area contributed by atoms with Crippen LogP contribution in [0.3, 0.4) is 0 Å². The lowest BCUT2D eigenvalue weighted by atomic mass is 10.1. The van der Waals surface area contributed by atoms with Crippen LogP contribution in [0.5, 0.6) is 0 Å². The molecule has 140 valence electrons. The topological polar surface area (TPSA) is 66.5 Å². The molecule has 0 aliphatic rings. The molecule has 5 nitrogen and oxygen atoms in total. The van der Waals surface area contributed by atoms with Crippen molar-refractivity contribution in [2.75, 3.05) is 5.32 Å². The van der Waals surface area contributed by atoms with Gasteiger partial charge in [0.1, 0.15) is 0 Å². The van der Waals surface area contributed by atoms with E-state index in [9.17, 15) is 0 Å². The summed E-state index contributed by atoms with van der Waals surface area (Å²) >= 11 is 0. The van der Waals surface area contributed by atoms with Gasteiger partial charge >= 0.3 is 0 Å². The van der Waals surface area contributed by atoms with Gasteiger partial charge in [0.15, 0.2) is 0 Å². The van der Waals surface area contributed by atoms with Crippen LogP contribution in [0.25, 0.3) is 33.4 Å². The van der Waals surface area contributed by atoms with Crippen molar-refractivity contribution in [1.29, 1.82) is 0 Å². The maximum Gasteiger partial charge on any atom is 0.228 e. The van der Waals surface area contributed by atoms with Gasteiger partial charge in [-0.3, -0.25) is 5.10 Å². The lowest BCUT2D eigenvalue weighted by Crippen LogP contribution is -2.01. The van der Waals surface area contributed by atoms with Crippen molar-refractivity contribution in [2.45, 2.75) is 6.92 Å². The third-order valence-corrected chi connectivity index (χ3v) is 4.86. The van der Waals surface area contributed by atoms with Crippen LogP contribution in [0.2, 0.25) is 0 Å². The Labute approximate surface area is 168 Å². The Hall–Kier alpha value is -3.99. The van der Waals surface area contributed by atoms with Crippen molar-refractivity contribution < 1.29 is 0 Å². The molecule has 0 bridgehead atoms. The molecular formula is C24H19N5. The molecule has 3 aromatic carbocycles. The Morgan fingerprint density at radius 2 is 1.66 bits per heavy atom. The van der Waals surface area contributed by atoms with E-state index in [1.165, 1.54) is 0 Å². The van der Waals surface area contributed by atoms with Crippen LogP contribution in [0.15, 0.2) is 85.1 Å². The first-order valence-corrected chi connectivity index (χ1v) is 9.47. The predicted octanol–water partition coefficient (Wildman–Crippen LogP) is 5.74. The number of para-hydroxylation sites is 1. The lowest BCUT2D eigenvalue weighted by Gasteiger charge is -2.13. The van der Waals surface area contributed by atoms with Crippen molar-refractivity contribution in [3.63, 3.8) is 0 Å². The quantitative estimate of drug-likeness (QED) is 0.419. The van der Waals surface area contributed by atoms with E-state index >= 15 is 0 Å². The highest BCUT2D eigenvalue weighted by Gasteiger charge is 2.12. The summed E-state index contributed by atoms with van der Waals surface area (Å²) in [5, 5.41) is 11.6. The van der Waals surface area contributed by atoms with Crippen LogP contribution in [0, 0.1) is 6.92 Å². The van der Waals surface area contributed by atoms with E-state index in [0.29, 0.717) is 5.95 Å². The summed E-state index contributed by atoms with van der Waals surface area (Å²) in [6.07, 6.45) is 1.75. The number of nitrogens with zero attached hydrogens (tertiary/aromatic N) is 3. The maximum atomic E-state index is 4.87. The fourth-order valence-corrected chi connectivity index (χ4v) is 3.47. The van der Waals surface area contributed by atoms with E-state index in [-0.39, 0.29) is 0 Å². The summed E-state index contributed by atoms with van der Waals surface area (Å²) < 4.78 is 0. The molecule has 0 saturated carbocycles. The Bertz CT molecular complexity index is 1280. The van der Waals surface area contributed by atoms with Gasteiger partial charge in [0.25, 0.3) is 0 Å². The van der Waals surface area contributed by atoms with Gasteiger partial charge in [0, 0.05) is 22.7 Å². The van der Waals surface area contributed by atoms with Crippen molar-refractivity contribution in [3.8, 4) is 22.5 Å². The molecule has 5 rings (SSSR count). The first kappa shape index (κ1) is 17.1. The molecule has 29 heavy (non-hydrogen) atoms. The van der Waals surface area contributed by atoms with Gasteiger partial charge in [0.05, 0.1) is 22.6 Å². The summed E-state index contributed by atoms with van der Waals surface area (Å²) in [6, 6.07) is 26.5. The molecular weight excluding hydrogens is 358 g/mol. The standard InChI is InChI=1S/C24H19N5/c1-16-11-12-18(21-13-14-25-29-21)22(15-16)27-24-26-20-10-6-5-9-19(20)23(28-24)17-7-3-2-4-8-17/h2-15H,1H3,(H,25,29)(H,26,27,28). The number of fused-ring (bicyclic) bond motifs is 1. The number of rotatable bonds is 4. The van der Waals surface area contributed by atoms with Crippen LogP contribution in [0.4, 0.5) is 11.6 Å². The number of aromatic amines is 1. The smallest absolute Gasteiger partial charge is 0.228 e. The molecule has 2 N–H and O–H groups in total. The lowest BCUT2D eigenvalue weighted by molar-refractivity contribution is 1.09. The van der Waals surface area contributed by atoms with Crippen LogP contribution in [-0.2, 0) is 0 Å². The summed E-state index contributed by atoms with van der Waals surface area (Å²) in [5.41, 5.74) is 6.92. The normalized spacial score (nSPS) is 10.9. The van der Waals surface area contributed by atoms with E-state index in [2.05, 4.69) is 58.8 Å². The maximum absolute atomic E-state index is 4.87. The fraction of sp³-hybridized carbons (Fsp3) is 0.0417. The minimum atomic E-state index is 0.564. The summed E-state index contributed by atoms with van der Waals surface area (Å²) in [7, 11) is 0. The van der Waals surface area contributed by atoms with Gasteiger partial charge in [-0.25, -0.2) is 9.97 Å². The van der Waals surface area contributed by atoms with Crippen molar-refractivity contribution in [2.24, 2.45) is 0 Å². The van der Waals surface area contributed by atoms with Crippen LogP contribution in [-0.4, -0.2) is 20.2 Å². The average molecular weight is 377 g/mol. The zero-order valence-electron chi connectivity index (χ0n) is 15.9. The predicted molar refractivity (Wildman–Crippen MR) is 117 cm³/mol. The molecule has 0 amide bonds. The van der Waals surface area contributed by atoms with Gasteiger partial charge in [-0.15, -0.1) is 0 Å². The highest BCUT2D eigenvalue weighted by molar-refractivity contribution is 5.93. The zero-order valence-corrected chi connectivity index (χ0v) is 15.9. The molecule has 5 aromatic rings. The van der Waals surface area contributed by atoms with E-state index in [0.717, 1.165) is 44.7 Å². The number of aromatic nitrogens is 4. The Balaban J connectivity index is 1.65. The largest absolute Gasteiger partial charge is 0.323 e. The monoisotopic (exact) mass is 377 g/mol. The highest BCUT2D eigenvalue weighted by atomic mass is 15.1. The van der Waals surface area contributed by atoms with Crippen molar-refractivity contribution in [3.05, 3.63) is 90.6 Å². The first-order chi connectivity index (χ1) is 14.3. The molecule has 2 aromatic heterocycles. The molecule has 5 heteroatoms. The van der Waals surface area contributed by atoms with Crippen LogP contribution in [0.1, 0.15) is 5.56 Å². The fourth-order valence-electron chi connectivity index (χ4n) is 3.47. The summed E-state index contributed by atoms with van der Waals surface area (Å²) in [4.78, 5) is 9.63. The molecule has 0 unspecified atom stereocenters. The number of nitrogens with one attached hydrogen (secondary N) is 2. The first-order valence-electron chi connectivity index (χ1n) is 9.47. The number of benzene rings is 3. The van der Waals surface area contributed by atoms with Gasteiger partial charge in [-0.05, 0) is 30.7 Å². The second-order valence-electron chi connectivity index (χ2n) is 6.92. The Kier molecular flexibility index (Phi) is 4.26.